The Balaban J connectivity index is 1.89. The van der Waals surface area contributed by atoms with Gasteiger partial charge in [-0.2, -0.15) is 0 Å². The zero-order chi connectivity index (χ0) is 24.9. The minimum atomic E-state index is -3.92. The Hall–Kier alpha value is -2.65. The number of carbonyl (C=O) groups excluding carboxylic acids is 2. The van der Waals surface area contributed by atoms with Crippen molar-refractivity contribution >= 4 is 39.1 Å². The molecule has 34 heavy (non-hydrogen) atoms. The largest absolute Gasteiger partial charge is 0.352 e. The number of benzene rings is 2. The molecule has 0 saturated heterocycles. The molecule has 0 bridgehead atoms. The summed E-state index contributed by atoms with van der Waals surface area (Å²) in [6, 6.07) is 11.1. The number of rotatable bonds is 9. The van der Waals surface area contributed by atoms with Gasteiger partial charge in [0.15, 0.2) is 0 Å². The van der Waals surface area contributed by atoms with E-state index in [1.54, 1.807) is 31.2 Å². The molecule has 7 nitrogen and oxygen atoms in total. The zero-order valence-corrected chi connectivity index (χ0v) is 20.8. The van der Waals surface area contributed by atoms with Gasteiger partial charge in [0.1, 0.15) is 18.4 Å². The van der Waals surface area contributed by atoms with Gasteiger partial charge < -0.3 is 10.2 Å². The summed E-state index contributed by atoms with van der Waals surface area (Å²) in [6.45, 7) is 1.03. The Kier molecular flexibility index (Phi) is 8.54. The van der Waals surface area contributed by atoms with Gasteiger partial charge in [0.05, 0.1) is 11.9 Å². The summed E-state index contributed by atoms with van der Waals surface area (Å²) in [5.41, 5.74) is 0.645. The van der Waals surface area contributed by atoms with Crippen LogP contribution in [0.15, 0.2) is 48.5 Å². The van der Waals surface area contributed by atoms with E-state index < -0.39 is 34.3 Å². The summed E-state index contributed by atoms with van der Waals surface area (Å²) in [5.74, 6) is -1.55. The van der Waals surface area contributed by atoms with E-state index in [0.717, 1.165) is 42.3 Å². The van der Waals surface area contributed by atoms with Gasteiger partial charge in [0, 0.05) is 17.6 Å². The Morgan fingerprint density at radius 2 is 1.82 bits per heavy atom. The van der Waals surface area contributed by atoms with Crippen molar-refractivity contribution < 1.29 is 22.4 Å². The summed E-state index contributed by atoms with van der Waals surface area (Å²) >= 11 is 6.30. The van der Waals surface area contributed by atoms with Crippen molar-refractivity contribution in [3.8, 4) is 0 Å². The molecule has 1 aliphatic carbocycles. The Morgan fingerprint density at radius 1 is 1.15 bits per heavy atom. The van der Waals surface area contributed by atoms with Crippen molar-refractivity contribution in [2.45, 2.75) is 51.2 Å². The normalized spacial score (nSPS) is 15.1. The van der Waals surface area contributed by atoms with Crippen molar-refractivity contribution in [3.05, 3.63) is 64.9 Å². The van der Waals surface area contributed by atoms with Crippen LogP contribution in [0.1, 0.15) is 38.2 Å². The third kappa shape index (κ3) is 6.70. The highest BCUT2D eigenvalue weighted by molar-refractivity contribution is 7.92. The molecule has 0 heterocycles. The quantitative estimate of drug-likeness (QED) is 0.558. The Labute approximate surface area is 204 Å². The predicted octanol–water partition coefficient (Wildman–Crippen LogP) is 3.72. The maximum absolute atomic E-state index is 13.8. The molecule has 1 saturated carbocycles. The van der Waals surface area contributed by atoms with E-state index in [9.17, 15) is 22.4 Å². The molecule has 10 heteroatoms. The standard InChI is InChI=1S/C24H29ClFN3O4S/c1-17(24(31)27-20-10-4-5-11-20)28(15-18-8-3-6-13-22(18)25)23(30)16-29(34(2,32)33)21-12-7-9-19(26)14-21/h3,6-9,12-14,17,20H,4-5,10-11,15-16H2,1-2H3,(H,27,31)/t17-/m1/s1. The maximum Gasteiger partial charge on any atom is 0.244 e. The lowest BCUT2D eigenvalue weighted by molar-refractivity contribution is -0.139. The molecule has 0 unspecified atom stereocenters. The fourth-order valence-electron chi connectivity index (χ4n) is 4.03. The lowest BCUT2D eigenvalue weighted by atomic mass is 10.1. The minimum absolute atomic E-state index is 0.0124. The molecule has 1 fully saturated rings. The van der Waals surface area contributed by atoms with Gasteiger partial charge in [0.25, 0.3) is 0 Å². The molecule has 1 N–H and O–H groups in total. The van der Waals surface area contributed by atoms with E-state index in [2.05, 4.69) is 5.32 Å². The first-order chi connectivity index (χ1) is 16.1. The van der Waals surface area contributed by atoms with Crippen LogP contribution >= 0.6 is 11.6 Å². The third-order valence-corrected chi connectivity index (χ3v) is 7.45. The average molecular weight is 510 g/mol. The molecule has 1 aliphatic rings. The summed E-state index contributed by atoms with van der Waals surface area (Å²) in [4.78, 5) is 27.8. The number of amides is 2. The Bertz CT molecular complexity index is 1140. The molecule has 2 amide bonds. The maximum atomic E-state index is 13.8. The number of anilines is 1. The first-order valence-corrected chi connectivity index (χ1v) is 13.4. The monoisotopic (exact) mass is 509 g/mol. The molecule has 0 spiro atoms. The van der Waals surface area contributed by atoms with Crippen LogP contribution in [0.5, 0.6) is 0 Å². The van der Waals surface area contributed by atoms with Crippen molar-refractivity contribution in [1.82, 2.24) is 10.2 Å². The highest BCUT2D eigenvalue weighted by Crippen LogP contribution is 2.23. The fourth-order valence-corrected chi connectivity index (χ4v) is 5.07. The second-order valence-corrected chi connectivity index (χ2v) is 10.8. The van der Waals surface area contributed by atoms with Gasteiger partial charge in [-0.1, -0.05) is 48.7 Å². The Morgan fingerprint density at radius 3 is 2.44 bits per heavy atom. The summed E-state index contributed by atoms with van der Waals surface area (Å²) in [7, 11) is -3.92. The zero-order valence-electron chi connectivity index (χ0n) is 19.2. The van der Waals surface area contributed by atoms with Gasteiger partial charge in [-0.05, 0) is 49.6 Å². The molecule has 0 aliphatic heterocycles. The van der Waals surface area contributed by atoms with E-state index in [1.807, 2.05) is 0 Å². The van der Waals surface area contributed by atoms with Crippen LogP contribution in [0.2, 0.25) is 5.02 Å². The van der Waals surface area contributed by atoms with Gasteiger partial charge in [-0.25, -0.2) is 12.8 Å². The van der Waals surface area contributed by atoms with Crippen molar-refractivity contribution in [2.24, 2.45) is 0 Å². The molecule has 1 atom stereocenters. The number of halogens is 2. The van der Waals surface area contributed by atoms with Crippen molar-refractivity contribution in [1.29, 1.82) is 0 Å². The molecule has 2 aromatic carbocycles. The minimum Gasteiger partial charge on any atom is -0.352 e. The smallest absolute Gasteiger partial charge is 0.244 e. The van der Waals surface area contributed by atoms with Crippen LogP contribution in [0.25, 0.3) is 0 Å². The van der Waals surface area contributed by atoms with E-state index in [0.29, 0.717) is 10.6 Å². The summed E-state index contributed by atoms with van der Waals surface area (Å²) in [6.07, 6.45) is 4.80. The topological polar surface area (TPSA) is 86.8 Å². The van der Waals surface area contributed by atoms with Gasteiger partial charge >= 0.3 is 0 Å². The van der Waals surface area contributed by atoms with Crippen LogP contribution in [0.3, 0.4) is 0 Å². The van der Waals surface area contributed by atoms with Crippen LogP contribution < -0.4 is 9.62 Å². The summed E-state index contributed by atoms with van der Waals surface area (Å²) < 4.78 is 39.6. The van der Waals surface area contributed by atoms with E-state index in [1.165, 1.54) is 23.1 Å². The second kappa shape index (κ2) is 11.2. The van der Waals surface area contributed by atoms with E-state index in [4.69, 9.17) is 11.6 Å². The number of sulfonamides is 1. The van der Waals surface area contributed by atoms with Crippen LogP contribution in [0, 0.1) is 5.82 Å². The third-order valence-electron chi connectivity index (χ3n) is 5.94. The lowest BCUT2D eigenvalue weighted by Crippen LogP contribution is -2.52. The van der Waals surface area contributed by atoms with Crippen LogP contribution in [-0.2, 0) is 26.2 Å². The predicted molar refractivity (Wildman–Crippen MR) is 130 cm³/mol. The van der Waals surface area contributed by atoms with Crippen molar-refractivity contribution in [2.75, 3.05) is 17.1 Å². The lowest BCUT2D eigenvalue weighted by Gasteiger charge is -2.32. The molecular weight excluding hydrogens is 481 g/mol. The first kappa shape index (κ1) is 26.0. The average Bonchev–Trinajstić information content (AvgIpc) is 3.28. The highest BCUT2D eigenvalue weighted by atomic mass is 35.5. The fraction of sp³-hybridized carbons (Fsp3) is 0.417. The number of hydrogen-bond acceptors (Lipinski definition) is 4. The van der Waals surface area contributed by atoms with Gasteiger partial charge in [0.2, 0.25) is 21.8 Å². The molecule has 184 valence electrons. The summed E-state index contributed by atoms with van der Waals surface area (Å²) in [5, 5.41) is 3.41. The molecular formula is C24H29ClFN3O4S. The van der Waals surface area contributed by atoms with Crippen LogP contribution in [-0.4, -0.2) is 50.0 Å². The molecule has 0 aromatic heterocycles. The number of nitrogens with zero attached hydrogens (tertiary/aromatic N) is 2. The molecule has 2 aromatic rings. The van der Waals surface area contributed by atoms with Gasteiger partial charge in [-0.3, -0.25) is 13.9 Å². The number of carbonyl (C=O) groups is 2. The van der Waals surface area contributed by atoms with E-state index in [-0.39, 0.29) is 24.2 Å². The van der Waals surface area contributed by atoms with Crippen molar-refractivity contribution in [3.63, 3.8) is 0 Å². The second-order valence-electron chi connectivity index (χ2n) is 8.53. The highest BCUT2D eigenvalue weighted by Gasteiger charge is 2.31. The SMILES string of the molecule is C[C@H](C(=O)NC1CCCC1)N(Cc1ccccc1Cl)C(=O)CN(c1cccc(F)c1)S(C)(=O)=O. The van der Waals surface area contributed by atoms with E-state index >= 15 is 0 Å². The van der Waals surface area contributed by atoms with Crippen LogP contribution in [0.4, 0.5) is 10.1 Å². The molecule has 3 rings (SSSR count). The number of nitrogens with one attached hydrogen (secondary N) is 1. The molecule has 0 radical (unpaired) electrons. The number of hydrogen-bond donors (Lipinski definition) is 1. The van der Waals surface area contributed by atoms with Gasteiger partial charge in [-0.15, -0.1) is 0 Å². The first-order valence-electron chi connectivity index (χ1n) is 11.1.